The maximum Gasteiger partial charge on any atom is 0.0844 e. The zero-order valence-electron chi connectivity index (χ0n) is 9.27. The fourth-order valence-electron chi connectivity index (χ4n) is 1.73. The summed E-state index contributed by atoms with van der Waals surface area (Å²) in [6.07, 6.45) is 8.04. The second-order valence-electron chi connectivity index (χ2n) is 4.29. The second kappa shape index (κ2) is 3.97. The summed E-state index contributed by atoms with van der Waals surface area (Å²) in [5, 5.41) is 0. The van der Waals surface area contributed by atoms with Crippen LogP contribution in [0.4, 0.5) is 0 Å². The minimum atomic E-state index is 0.245. The molecule has 1 aromatic heterocycles. The number of hydrogen-bond acceptors (Lipinski definition) is 2. The van der Waals surface area contributed by atoms with Gasteiger partial charge in [-0.25, -0.2) is 0 Å². The molecule has 0 aromatic carbocycles. The minimum absolute atomic E-state index is 0.245. The third kappa shape index (κ3) is 2.14. The van der Waals surface area contributed by atoms with Gasteiger partial charge >= 0.3 is 0 Å². The van der Waals surface area contributed by atoms with Crippen molar-refractivity contribution in [2.45, 2.75) is 26.7 Å². The molecular weight excluding hydrogens is 184 g/mol. The summed E-state index contributed by atoms with van der Waals surface area (Å²) in [5.41, 5.74) is 2.35. The summed E-state index contributed by atoms with van der Waals surface area (Å²) in [4.78, 5) is 8.75. The molecule has 0 saturated heterocycles. The molecule has 0 aliphatic carbocycles. The summed E-state index contributed by atoms with van der Waals surface area (Å²) in [6, 6.07) is 5.96. The lowest BCUT2D eigenvalue weighted by molar-refractivity contribution is 0.424. The fourth-order valence-corrected chi connectivity index (χ4v) is 1.73. The predicted molar refractivity (Wildman–Crippen MR) is 62.9 cm³/mol. The van der Waals surface area contributed by atoms with Crippen LogP contribution < -0.4 is 0 Å². The molecule has 0 bridgehead atoms. The quantitative estimate of drug-likeness (QED) is 0.719. The van der Waals surface area contributed by atoms with Gasteiger partial charge in [0, 0.05) is 18.8 Å². The number of aliphatic imine (C=N–C) groups is 1. The zero-order valence-corrected chi connectivity index (χ0v) is 9.27. The molecule has 2 heteroatoms. The topological polar surface area (TPSA) is 25.2 Å². The van der Waals surface area contributed by atoms with E-state index in [1.165, 1.54) is 0 Å². The molecule has 0 radical (unpaired) electrons. The first kappa shape index (κ1) is 10.1. The lowest BCUT2D eigenvalue weighted by atomic mass is 9.80. The molecule has 2 rings (SSSR count). The van der Waals surface area contributed by atoms with Crippen molar-refractivity contribution >= 4 is 5.71 Å². The van der Waals surface area contributed by atoms with E-state index in [-0.39, 0.29) is 5.41 Å². The van der Waals surface area contributed by atoms with Crippen LogP contribution in [-0.2, 0) is 0 Å². The smallest absolute Gasteiger partial charge is 0.0844 e. The van der Waals surface area contributed by atoms with E-state index in [0.717, 1.165) is 24.2 Å². The normalized spacial score (nSPS) is 25.1. The molecule has 1 aliphatic rings. The van der Waals surface area contributed by atoms with Gasteiger partial charge in [0.25, 0.3) is 0 Å². The number of aromatic nitrogens is 1. The van der Waals surface area contributed by atoms with E-state index >= 15 is 0 Å². The Morgan fingerprint density at radius 1 is 1.40 bits per heavy atom. The molecular formula is C13H16N2. The molecule has 0 fully saturated rings. The molecule has 1 unspecified atom stereocenters. The highest BCUT2D eigenvalue weighted by Crippen LogP contribution is 2.31. The standard InChI is InChI=1S/C13H16N2/c1-3-13(2)7-9-15-12(10-13)11-6-4-5-8-14-11/h4-9H,3,10H2,1-2H3. The Morgan fingerprint density at radius 3 is 2.93 bits per heavy atom. The number of rotatable bonds is 2. The van der Waals surface area contributed by atoms with E-state index in [9.17, 15) is 0 Å². The van der Waals surface area contributed by atoms with Gasteiger partial charge in [0.1, 0.15) is 0 Å². The molecule has 0 amide bonds. The Kier molecular flexibility index (Phi) is 2.67. The van der Waals surface area contributed by atoms with E-state index in [2.05, 4.69) is 29.9 Å². The maximum absolute atomic E-state index is 4.42. The molecule has 1 aromatic rings. The zero-order chi connectivity index (χ0) is 10.7. The number of pyridine rings is 1. The molecule has 0 saturated carbocycles. The Hall–Kier alpha value is -1.44. The summed E-state index contributed by atoms with van der Waals surface area (Å²) in [6.45, 7) is 4.48. The fraction of sp³-hybridized carbons (Fsp3) is 0.385. The SMILES string of the molecule is CCC1(C)C=CN=C(c2ccccn2)C1. The molecule has 15 heavy (non-hydrogen) atoms. The molecule has 2 nitrogen and oxygen atoms in total. The van der Waals surface area contributed by atoms with Gasteiger partial charge < -0.3 is 0 Å². The summed E-state index contributed by atoms with van der Waals surface area (Å²) >= 11 is 0. The van der Waals surface area contributed by atoms with E-state index in [4.69, 9.17) is 0 Å². The Balaban J connectivity index is 2.26. The van der Waals surface area contributed by atoms with E-state index in [0.29, 0.717) is 0 Å². The van der Waals surface area contributed by atoms with E-state index in [1.807, 2.05) is 30.6 Å². The first-order valence-electron chi connectivity index (χ1n) is 5.39. The summed E-state index contributed by atoms with van der Waals surface area (Å²) in [7, 11) is 0. The van der Waals surface area contributed by atoms with Crippen LogP contribution in [0.25, 0.3) is 0 Å². The maximum atomic E-state index is 4.42. The first-order valence-corrected chi connectivity index (χ1v) is 5.39. The Morgan fingerprint density at radius 2 is 2.27 bits per heavy atom. The molecule has 0 spiro atoms. The van der Waals surface area contributed by atoms with Crippen molar-refractivity contribution in [1.82, 2.24) is 4.98 Å². The van der Waals surface area contributed by atoms with Crippen LogP contribution in [-0.4, -0.2) is 10.7 Å². The van der Waals surface area contributed by atoms with E-state index < -0.39 is 0 Å². The number of allylic oxidation sites excluding steroid dienone is 1. The molecule has 0 N–H and O–H groups in total. The van der Waals surface area contributed by atoms with Crippen molar-refractivity contribution in [2.75, 3.05) is 0 Å². The third-order valence-corrected chi connectivity index (χ3v) is 3.05. The highest BCUT2D eigenvalue weighted by Gasteiger charge is 2.24. The first-order chi connectivity index (χ1) is 7.23. The Labute approximate surface area is 90.8 Å². The highest BCUT2D eigenvalue weighted by molar-refractivity contribution is 6.00. The van der Waals surface area contributed by atoms with Gasteiger partial charge in [0.05, 0.1) is 11.4 Å². The van der Waals surface area contributed by atoms with E-state index in [1.54, 1.807) is 0 Å². The van der Waals surface area contributed by atoms with Gasteiger partial charge in [0.15, 0.2) is 0 Å². The Bertz CT molecular complexity index is 392. The predicted octanol–water partition coefficient (Wildman–Crippen LogP) is 3.20. The van der Waals surface area contributed by atoms with Crippen molar-refractivity contribution in [3.63, 3.8) is 0 Å². The molecule has 2 heterocycles. The summed E-state index contributed by atoms with van der Waals surface area (Å²) in [5.74, 6) is 0. The largest absolute Gasteiger partial charge is 0.259 e. The van der Waals surface area contributed by atoms with Crippen LogP contribution >= 0.6 is 0 Å². The van der Waals surface area contributed by atoms with Crippen LogP contribution in [0, 0.1) is 5.41 Å². The van der Waals surface area contributed by atoms with Crippen molar-refractivity contribution < 1.29 is 0 Å². The van der Waals surface area contributed by atoms with Crippen molar-refractivity contribution in [1.29, 1.82) is 0 Å². The van der Waals surface area contributed by atoms with Gasteiger partial charge in [-0.3, -0.25) is 9.98 Å². The van der Waals surface area contributed by atoms with Crippen molar-refractivity contribution in [2.24, 2.45) is 10.4 Å². The minimum Gasteiger partial charge on any atom is -0.259 e. The highest BCUT2D eigenvalue weighted by atomic mass is 14.8. The van der Waals surface area contributed by atoms with Gasteiger partial charge in [-0.2, -0.15) is 0 Å². The van der Waals surface area contributed by atoms with Crippen LogP contribution in [0.5, 0.6) is 0 Å². The van der Waals surface area contributed by atoms with Crippen molar-refractivity contribution in [3.05, 3.63) is 42.4 Å². The molecule has 1 aliphatic heterocycles. The van der Waals surface area contributed by atoms with Crippen LogP contribution in [0.3, 0.4) is 0 Å². The van der Waals surface area contributed by atoms with Crippen LogP contribution in [0.2, 0.25) is 0 Å². The second-order valence-corrected chi connectivity index (χ2v) is 4.29. The molecule has 78 valence electrons. The lowest BCUT2D eigenvalue weighted by Gasteiger charge is -2.27. The monoisotopic (exact) mass is 200 g/mol. The molecule has 1 atom stereocenters. The van der Waals surface area contributed by atoms with Crippen LogP contribution in [0.15, 0.2) is 41.7 Å². The average Bonchev–Trinajstić information content (AvgIpc) is 2.30. The van der Waals surface area contributed by atoms with Gasteiger partial charge in [-0.05, 0) is 24.0 Å². The lowest BCUT2D eigenvalue weighted by Crippen LogP contribution is -2.21. The van der Waals surface area contributed by atoms with Gasteiger partial charge in [-0.1, -0.05) is 26.0 Å². The van der Waals surface area contributed by atoms with Crippen LogP contribution in [0.1, 0.15) is 32.4 Å². The number of nitrogens with zero attached hydrogens (tertiary/aromatic N) is 2. The van der Waals surface area contributed by atoms with Crippen molar-refractivity contribution in [3.8, 4) is 0 Å². The van der Waals surface area contributed by atoms with Gasteiger partial charge in [0.2, 0.25) is 0 Å². The average molecular weight is 200 g/mol. The summed E-state index contributed by atoms with van der Waals surface area (Å²) < 4.78 is 0. The van der Waals surface area contributed by atoms with Gasteiger partial charge in [-0.15, -0.1) is 0 Å². The number of hydrogen-bond donors (Lipinski definition) is 0. The third-order valence-electron chi connectivity index (χ3n) is 3.05.